The number of carbonyl (C=O) groups is 1. The zero-order chi connectivity index (χ0) is 16.0. The molecule has 1 aromatic rings. The zero-order valence-corrected chi connectivity index (χ0v) is 14.7. The van der Waals surface area contributed by atoms with Crippen molar-refractivity contribution in [3.63, 3.8) is 0 Å². The minimum Gasteiger partial charge on any atom is -0.371 e. The average Bonchev–Trinajstić information content (AvgIpc) is 3.15. The second-order valence-corrected chi connectivity index (χ2v) is 4.13. The number of aromatic nitrogens is 2. The van der Waals surface area contributed by atoms with E-state index in [4.69, 9.17) is 5.73 Å². The van der Waals surface area contributed by atoms with Crippen molar-refractivity contribution in [2.45, 2.75) is 40.5 Å². The van der Waals surface area contributed by atoms with E-state index in [9.17, 15) is 4.79 Å². The van der Waals surface area contributed by atoms with Crippen molar-refractivity contribution in [3.8, 4) is 0 Å². The van der Waals surface area contributed by atoms with Crippen molar-refractivity contribution in [3.05, 3.63) is 10.2 Å². The zero-order valence-electron chi connectivity index (χ0n) is 13.1. The fourth-order valence-corrected chi connectivity index (χ4v) is 1.82. The van der Waals surface area contributed by atoms with E-state index in [1.807, 2.05) is 27.7 Å². The molecule has 1 saturated heterocycles. The highest BCUT2D eigenvalue weighted by Crippen LogP contribution is 2.19. The standard InChI is InChI=1S/C5H7BrN4O.C4H9N.2C2H6/c1-8-5-2(4(7)11)3(6)9-10-5;1-2-4-5-3-1;2*1-2/h1H3,(H2,7,11)(H2,8,9,10);5H,1-4H2;2*1-2H3. The summed E-state index contributed by atoms with van der Waals surface area (Å²) in [5, 5.41) is 12.3. The molecule has 7 heteroatoms. The monoisotopic (exact) mass is 349 g/mol. The first-order chi connectivity index (χ1) is 9.66. The second kappa shape index (κ2) is 14.3. The van der Waals surface area contributed by atoms with E-state index < -0.39 is 5.91 Å². The Hall–Kier alpha value is -1.08. The van der Waals surface area contributed by atoms with Gasteiger partial charge in [0.05, 0.1) is 0 Å². The van der Waals surface area contributed by atoms with Crippen LogP contribution >= 0.6 is 15.9 Å². The molecule has 0 radical (unpaired) electrons. The molecule has 0 aromatic carbocycles. The highest BCUT2D eigenvalue weighted by Gasteiger charge is 2.14. The van der Waals surface area contributed by atoms with Gasteiger partial charge in [-0.1, -0.05) is 27.7 Å². The Kier molecular flexibility index (Phi) is 15.2. The minimum atomic E-state index is -0.519. The third-order valence-corrected chi connectivity index (χ3v) is 2.74. The van der Waals surface area contributed by atoms with Crippen LogP contribution in [-0.2, 0) is 0 Å². The third-order valence-electron chi connectivity index (χ3n) is 2.16. The average molecular weight is 350 g/mol. The van der Waals surface area contributed by atoms with E-state index in [2.05, 4.69) is 36.8 Å². The van der Waals surface area contributed by atoms with Gasteiger partial charge in [0.25, 0.3) is 5.91 Å². The SMILES string of the molecule is C1CCNC1.CC.CC.CNc1n[nH]c(Br)c1C(N)=O. The number of hydrogen-bond donors (Lipinski definition) is 4. The van der Waals surface area contributed by atoms with E-state index in [-0.39, 0.29) is 0 Å². The maximum Gasteiger partial charge on any atom is 0.255 e. The molecular formula is C13H28BrN5O. The highest BCUT2D eigenvalue weighted by atomic mass is 79.9. The van der Waals surface area contributed by atoms with E-state index in [1.54, 1.807) is 7.05 Å². The van der Waals surface area contributed by atoms with Gasteiger partial charge in [0.15, 0.2) is 5.82 Å². The fourth-order valence-electron chi connectivity index (χ4n) is 1.35. The van der Waals surface area contributed by atoms with Crippen molar-refractivity contribution in [2.75, 3.05) is 25.5 Å². The lowest BCUT2D eigenvalue weighted by Gasteiger charge is -1.95. The molecule has 20 heavy (non-hydrogen) atoms. The molecule has 118 valence electrons. The largest absolute Gasteiger partial charge is 0.371 e. The summed E-state index contributed by atoms with van der Waals surface area (Å²) >= 11 is 3.10. The molecule has 0 unspecified atom stereocenters. The van der Waals surface area contributed by atoms with Gasteiger partial charge in [-0.3, -0.25) is 9.89 Å². The molecule has 6 nitrogen and oxygen atoms in total. The molecule has 0 aliphatic carbocycles. The Balaban J connectivity index is 0. The maximum absolute atomic E-state index is 10.8. The van der Waals surface area contributed by atoms with Gasteiger partial charge in [0.2, 0.25) is 0 Å². The molecule has 1 aliphatic heterocycles. The number of carbonyl (C=O) groups excluding carboxylic acids is 1. The van der Waals surface area contributed by atoms with Gasteiger partial charge in [0.1, 0.15) is 10.2 Å². The fraction of sp³-hybridized carbons (Fsp3) is 0.692. The minimum absolute atomic E-state index is 0.340. The van der Waals surface area contributed by atoms with Gasteiger partial charge in [-0.2, -0.15) is 5.10 Å². The number of amides is 1. The molecule has 0 bridgehead atoms. The van der Waals surface area contributed by atoms with Gasteiger partial charge in [-0.05, 0) is 41.9 Å². The number of aromatic amines is 1. The lowest BCUT2D eigenvalue weighted by Crippen LogP contribution is -2.12. The summed E-state index contributed by atoms with van der Waals surface area (Å²) in [6.07, 6.45) is 2.78. The smallest absolute Gasteiger partial charge is 0.255 e. The van der Waals surface area contributed by atoms with Gasteiger partial charge >= 0.3 is 0 Å². The number of nitrogens with zero attached hydrogens (tertiary/aromatic N) is 1. The van der Waals surface area contributed by atoms with Gasteiger partial charge in [-0.25, -0.2) is 0 Å². The molecule has 1 fully saturated rings. The maximum atomic E-state index is 10.8. The van der Waals surface area contributed by atoms with Crippen molar-refractivity contribution < 1.29 is 4.79 Å². The Labute approximate surface area is 130 Å². The third kappa shape index (κ3) is 8.16. The number of halogens is 1. The number of rotatable bonds is 2. The Morgan fingerprint density at radius 1 is 1.25 bits per heavy atom. The molecule has 0 atom stereocenters. The molecule has 0 spiro atoms. The number of hydrogen-bond acceptors (Lipinski definition) is 4. The summed E-state index contributed by atoms with van der Waals surface area (Å²) in [6.45, 7) is 10.5. The van der Waals surface area contributed by atoms with Crippen LogP contribution in [0.4, 0.5) is 5.82 Å². The van der Waals surface area contributed by atoms with Gasteiger partial charge < -0.3 is 16.4 Å². The number of H-pyrrole nitrogens is 1. The van der Waals surface area contributed by atoms with E-state index in [0.717, 1.165) is 0 Å². The molecule has 2 rings (SSSR count). The summed E-state index contributed by atoms with van der Waals surface area (Å²) in [5.41, 5.74) is 5.41. The van der Waals surface area contributed by atoms with Crippen LogP contribution in [0.3, 0.4) is 0 Å². The van der Waals surface area contributed by atoms with Crippen LogP contribution in [0.5, 0.6) is 0 Å². The lowest BCUT2D eigenvalue weighted by atomic mass is 10.3. The van der Waals surface area contributed by atoms with Crippen LogP contribution in [0.2, 0.25) is 0 Å². The first kappa shape index (κ1) is 21.2. The molecule has 1 aliphatic rings. The number of anilines is 1. The van der Waals surface area contributed by atoms with Gasteiger partial charge in [-0.15, -0.1) is 0 Å². The van der Waals surface area contributed by atoms with Gasteiger partial charge in [0, 0.05) is 7.05 Å². The van der Waals surface area contributed by atoms with Crippen LogP contribution < -0.4 is 16.4 Å². The molecule has 1 aromatic heterocycles. The molecule has 1 amide bonds. The van der Waals surface area contributed by atoms with Crippen molar-refractivity contribution >= 4 is 27.7 Å². The van der Waals surface area contributed by atoms with Crippen LogP contribution in [0, 0.1) is 0 Å². The van der Waals surface area contributed by atoms with Crippen molar-refractivity contribution in [1.82, 2.24) is 15.5 Å². The van der Waals surface area contributed by atoms with Crippen LogP contribution in [0.25, 0.3) is 0 Å². The number of nitrogens with one attached hydrogen (secondary N) is 3. The van der Waals surface area contributed by atoms with Crippen LogP contribution in [-0.4, -0.2) is 36.2 Å². The van der Waals surface area contributed by atoms with Crippen LogP contribution in [0.1, 0.15) is 50.9 Å². The topological polar surface area (TPSA) is 95.8 Å². The summed E-state index contributed by atoms with van der Waals surface area (Å²) < 4.78 is 0.495. The van der Waals surface area contributed by atoms with Crippen molar-refractivity contribution in [1.29, 1.82) is 0 Å². The predicted octanol–water partition coefficient (Wildman–Crippen LogP) is 2.73. The quantitative estimate of drug-likeness (QED) is 0.659. The summed E-state index contributed by atoms with van der Waals surface area (Å²) in [4.78, 5) is 10.8. The Morgan fingerprint density at radius 2 is 1.75 bits per heavy atom. The Bertz CT molecular complexity index is 343. The molecule has 5 N–H and O–H groups in total. The summed E-state index contributed by atoms with van der Waals surface area (Å²) in [6, 6.07) is 0. The second-order valence-electron chi connectivity index (χ2n) is 3.33. The first-order valence-corrected chi connectivity index (χ1v) is 7.88. The summed E-state index contributed by atoms with van der Waals surface area (Å²) in [7, 11) is 1.66. The van der Waals surface area contributed by atoms with Crippen LogP contribution in [0.15, 0.2) is 4.60 Å². The highest BCUT2D eigenvalue weighted by molar-refractivity contribution is 9.10. The first-order valence-electron chi connectivity index (χ1n) is 7.09. The van der Waals surface area contributed by atoms with E-state index in [1.165, 1.54) is 25.9 Å². The normalized spacial score (nSPS) is 11.9. The lowest BCUT2D eigenvalue weighted by molar-refractivity contribution is 0.100. The summed E-state index contributed by atoms with van der Waals surface area (Å²) in [5.74, 6) is -0.0700. The number of primary amides is 1. The van der Waals surface area contributed by atoms with E-state index in [0.29, 0.717) is 16.0 Å². The molecular weight excluding hydrogens is 322 g/mol. The van der Waals surface area contributed by atoms with E-state index >= 15 is 0 Å². The molecule has 0 saturated carbocycles. The predicted molar refractivity (Wildman–Crippen MR) is 89.2 cm³/mol. The Morgan fingerprint density at radius 3 is 2.00 bits per heavy atom. The molecule has 2 heterocycles. The van der Waals surface area contributed by atoms with Crippen molar-refractivity contribution in [2.24, 2.45) is 5.73 Å². The number of nitrogens with two attached hydrogens (primary N) is 1.